The van der Waals surface area contributed by atoms with Gasteiger partial charge < -0.3 is 10.1 Å². The minimum Gasteiger partial charge on any atom is -0.463 e. The first-order valence-electron chi connectivity index (χ1n) is 4.89. The first-order valence-corrected chi connectivity index (χ1v) is 5.27. The molecular weight excluding hydrogens is 246 g/mol. The van der Waals surface area contributed by atoms with E-state index in [2.05, 4.69) is 15.5 Å². The van der Waals surface area contributed by atoms with Gasteiger partial charge in [0, 0.05) is 11.8 Å². The summed E-state index contributed by atoms with van der Waals surface area (Å²) in [5.41, 5.74) is 0.502. The first kappa shape index (κ1) is 13.2. The maximum Gasteiger partial charge on any atom is 0.332 e. The molecule has 6 nitrogen and oxygen atoms in total. The number of carbonyl (C=O) groups excluding carboxylic acids is 2. The van der Waals surface area contributed by atoms with Crippen molar-refractivity contribution in [2.75, 3.05) is 6.61 Å². The topological polar surface area (TPSA) is 84.1 Å². The Labute approximate surface area is 103 Å². The zero-order valence-corrected chi connectivity index (χ0v) is 10.2. The molecule has 0 spiro atoms. The fraction of sp³-hybridized carbons (Fsp3) is 0.300. The van der Waals surface area contributed by atoms with Gasteiger partial charge in [-0.2, -0.15) is 5.10 Å². The number of nitrogens with one attached hydrogen (secondary N) is 2. The SMILES string of the molecule is CCOC(=O)/C=C(\C)NC(=O)c1[nH]ncc1Cl. The number of nitrogens with zero attached hydrogens (tertiary/aromatic N) is 1. The highest BCUT2D eigenvalue weighted by molar-refractivity contribution is 6.33. The second-order valence-corrected chi connectivity index (χ2v) is 3.53. The molecule has 0 saturated heterocycles. The Morgan fingerprint density at radius 2 is 2.35 bits per heavy atom. The largest absolute Gasteiger partial charge is 0.463 e. The average Bonchev–Trinajstić information content (AvgIpc) is 2.64. The van der Waals surface area contributed by atoms with E-state index in [1.165, 1.54) is 12.3 Å². The molecule has 7 heteroatoms. The van der Waals surface area contributed by atoms with E-state index in [0.29, 0.717) is 5.70 Å². The smallest absolute Gasteiger partial charge is 0.332 e. The maximum absolute atomic E-state index is 11.6. The van der Waals surface area contributed by atoms with Gasteiger partial charge in [0.25, 0.3) is 5.91 Å². The van der Waals surface area contributed by atoms with Gasteiger partial charge >= 0.3 is 5.97 Å². The number of halogens is 1. The van der Waals surface area contributed by atoms with E-state index in [1.54, 1.807) is 13.8 Å². The van der Waals surface area contributed by atoms with E-state index >= 15 is 0 Å². The van der Waals surface area contributed by atoms with E-state index in [9.17, 15) is 9.59 Å². The number of amides is 1. The van der Waals surface area contributed by atoms with E-state index in [1.807, 2.05) is 0 Å². The van der Waals surface area contributed by atoms with Crippen LogP contribution in [0.1, 0.15) is 24.3 Å². The van der Waals surface area contributed by atoms with Crippen molar-refractivity contribution in [3.63, 3.8) is 0 Å². The van der Waals surface area contributed by atoms with E-state index in [4.69, 9.17) is 16.3 Å². The molecule has 1 aromatic rings. The van der Waals surface area contributed by atoms with Crippen molar-refractivity contribution in [3.8, 4) is 0 Å². The zero-order valence-electron chi connectivity index (χ0n) is 9.41. The zero-order chi connectivity index (χ0) is 12.8. The lowest BCUT2D eigenvalue weighted by Gasteiger charge is -2.03. The molecule has 17 heavy (non-hydrogen) atoms. The van der Waals surface area contributed by atoms with Crippen LogP contribution in [0.15, 0.2) is 18.0 Å². The monoisotopic (exact) mass is 257 g/mol. The van der Waals surface area contributed by atoms with Crippen LogP contribution in [-0.2, 0) is 9.53 Å². The second-order valence-electron chi connectivity index (χ2n) is 3.13. The maximum atomic E-state index is 11.6. The quantitative estimate of drug-likeness (QED) is 0.628. The van der Waals surface area contributed by atoms with Crippen LogP contribution in [0.4, 0.5) is 0 Å². The molecule has 1 heterocycles. The molecule has 0 saturated carbocycles. The van der Waals surface area contributed by atoms with Crippen molar-refractivity contribution in [2.24, 2.45) is 0 Å². The van der Waals surface area contributed by atoms with Crippen LogP contribution in [0, 0.1) is 0 Å². The third-order valence-electron chi connectivity index (χ3n) is 1.75. The molecule has 0 aliphatic heterocycles. The predicted molar refractivity (Wildman–Crippen MR) is 61.5 cm³/mol. The summed E-state index contributed by atoms with van der Waals surface area (Å²) in [6, 6.07) is 0. The summed E-state index contributed by atoms with van der Waals surface area (Å²) >= 11 is 5.71. The Balaban J connectivity index is 2.63. The molecule has 0 aliphatic carbocycles. The van der Waals surface area contributed by atoms with Crippen LogP contribution in [-0.4, -0.2) is 28.7 Å². The summed E-state index contributed by atoms with van der Waals surface area (Å²) in [6.45, 7) is 3.55. The third-order valence-corrected chi connectivity index (χ3v) is 2.04. The van der Waals surface area contributed by atoms with Crippen LogP contribution in [0.5, 0.6) is 0 Å². The van der Waals surface area contributed by atoms with Crippen molar-refractivity contribution in [1.82, 2.24) is 15.5 Å². The van der Waals surface area contributed by atoms with Gasteiger partial charge in [0.2, 0.25) is 0 Å². The van der Waals surface area contributed by atoms with Gasteiger partial charge in [-0.25, -0.2) is 4.79 Å². The summed E-state index contributed by atoms with van der Waals surface area (Å²) in [7, 11) is 0. The lowest BCUT2D eigenvalue weighted by molar-refractivity contribution is -0.137. The molecule has 0 bridgehead atoms. The van der Waals surface area contributed by atoms with Crippen LogP contribution >= 0.6 is 11.6 Å². The molecule has 0 aromatic carbocycles. The lowest BCUT2D eigenvalue weighted by atomic mass is 10.3. The van der Waals surface area contributed by atoms with Gasteiger partial charge in [-0.3, -0.25) is 9.89 Å². The molecule has 0 fully saturated rings. The Kier molecular flexibility index (Phi) is 4.71. The predicted octanol–water partition coefficient (Wildman–Crippen LogP) is 1.26. The van der Waals surface area contributed by atoms with E-state index < -0.39 is 11.9 Å². The number of H-pyrrole nitrogens is 1. The van der Waals surface area contributed by atoms with Gasteiger partial charge in [-0.05, 0) is 13.8 Å². The molecule has 1 amide bonds. The Bertz CT molecular complexity index is 453. The summed E-state index contributed by atoms with van der Waals surface area (Å²) in [5.74, 6) is -0.980. The summed E-state index contributed by atoms with van der Waals surface area (Å²) < 4.78 is 4.70. The van der Waals surface area contributed by atoms with Crippen LogP contribution in [0.25, 0.3) is 0 Å². The number of ether oxygens (including phenoxy) is 1. The minimum atomic E-state index is -0.513. The van der Waals surface area contributed by atoms with Crippen LogP contribution in [0.2, 0.25) is 5.02 Å². The molecule has 92 valence electrons. The molecule has 1 aromatic heterocycles. The molecule has 0 atom stereocenters. The van der Waals surface area contributed by atoms with Crippen molar-refractivity contribution in [2.45, 2.75) is 13.8 Å². The highest BCUT2D eigenvalue weighted by atomic mass is 35.5. The Morgan fingerprint density at radius 1 is 1.65 bits per heavy atom. The highest BCUT2D eigenvalue weighted by Crippen LogP contribution is 2.11. The second kappa shape index (κ2) is 6.05. The lowest BCUT2D eigenvalue weighted by Crippen LogP contribution is -2.23. The molecule has 0 aliphatic rings. The van der Waals surface area contributed by atoms with E-state index in [-0.39, 0.29) is 17.3 Å². The van der Waals surface area contributed by atoms with Gasteiger partial charge in [0.15, 0.2) is 0 Å². The number of rotatable bonds is 4. The summed E-state index contributed by atoms with van der Waals surface area (Å²) in [5, 5.41) is 8.76. The Morgan fingerprint density at radius 3 is 2.88 bits per heavy atom. The van der Waals surface area contributed by atoms with Crippen molar-refractivity contribution in [1.29, 1.82) is 0 Å². The fourth-order valence-corrected chi connectivity index (χ4v) is 1.25. The highest BCUT2D eigenvalue weighted by Gasteiger charge is 2.12. The van der Waals surface area contributed by atoms with Gasteiger partial charge in [0.1, 0.15) is 5.69 Å². The number of esters is 1. The Hall–Kier alpha value is -1.82. The number of aromatic nitrogens is 2. The average molecular weight is 258 g/mol. The molecule has 0 radical (unpaired) electrons. The normalized spacial score (nSPS) is 11.1. The van der Waals surface area contributed by atoms with Crippen LogP contribution in [0.3, 0.4) is 0 Å². The summed E-state index contributed by atoms with van der Waals surface area (Å²) in [6.07, 6.45) is 2.51. The molecule has 0 unspecified atom stereocenters. The fourth-order valence-electron chi connectivity index (χ4n) is 1.07. The minimum absolute atomic E-state index is 0.142. The number of hydrogen-bond donors (Lipinski definition) is 2. The van der Waals surface area contributed by atoms with Crippen molar-refractivity contribution >= 4 is 23.5 Å². The van der Waals surface area contributed by atoms with Crippen LogP contribution < -0.4 is 5.32 Å². The number of allylic oxidation sites excluding steroid dienone is 1. The molecule has 2 N–H and O–H groups in total. The van der Waals surface area contributed by atoms with Crippen molar-refractivity contribution < 1.29 is 14.3 Å². The van der Waals surface area contributed by atoms with Crippen molar-refractivity contribution in [3.05, 3.63) is 28.7 Å². The first-order chi connectivity index (χ1) is 8.04. The van der Waals surface area contributed by atoms with Gasteiger partial charge in [-0.15, -0.1) is 0 Å². The van der Waals surface area contributed by atoms with Gasteiger partial charge in [0.05, 0.1) is 17.8 Å². The number of hydrogen-bond acceptors (Lipinski definition) is 4. The number of carbonyl (C=O) groups is 2. The summed E-state index contributed by atoms with van der Waals surface area (Å²) in [4.78, 5) is 22.7. The van der Waals surface area contributed by atoms with E-state index in [0.717, 1.165) is 0 Å². The molecule has 1 rings (SSSR count). The molecular formula is C10H12ClN3O3. The standard InChI is InChI=1S/C10H12ClN3O3/c1-3-17-8(15)4-6(2)13-10(16)9-7(11)5-12-14-9/h4-5H,3H2,1-2H3,(H,12,14)(H,13,16)/b6-4+. The third kappa shape index (κ3) is 3.92. The van der Waals surface area contributed by atoms with Gasteiger partial charge in [-0.1, -0.05) is 11.6 Å². The number of aromatic amines is 1.